The fourth-order valence-corrected chi connectivity index (χ4v) is 4.19. The molecule has 1 aliphatic heterocycles. The second-order valence-electron chi connectivity index (χ2n) is 6.45. The van der Waals surface area contributed by atoms with Crippen LogP contribution in [-0.2, 0) is 0 Å². The van der Waals surface area contributed by atoms with Crippen molar-refractivity contribution in [3.8, 4) is 0 Å². The zero-order valence-corrected chi connectivity index (χ0v) is 14.7. The minimum Gasteiger partial charge on any atom is -0.342 e. The average molecular weight is 340 g/mol. The molecule has 0 saturated carbocycles. The maximum Gasteiger partial charge on any atom is 0.265 e. The number of thiazole rings is 1. The van der Waals surface area contributed by atoms with Crippen molar-refractivity contribution in [2.75, 3.05) is 13.1 Å². The molecule has 1 fully saturated rings. The van der Waals surface area contributed by atoms with E-state index in [4.69, 9.17) is 4.98 Å². The molecule has 24 heavy (non-hydrogen) atoms. The number of H-pyrrole nitrogens is 1. The maximum absolute atomic E-state index is 12.8. The van der Waals surface area contributed by atoms with Crippen LogP contribution in [0.15, 0.2) is 23.7 Å². The Morgan fingerprint density at radius 3 is 3.00 bits per heavy atom. The number of para-hydroxylation sites is 1. The minimum atomic E-state index is 0.104. The van der Waals surface area contributed by atoms with E-state index in [2.05, 4.69) is 29.0 Å². The quantitative estimate of drug-likeness (QED) is 0.774. The van der Waals surface area contributed by atoms with Crippen LogP contribution in [0.2, 0.25) is 0 Å². The van der Waals surface area contributed by atoms with Gasteiger partial charge in [-0.25, -0.2) is 9.97 Å². The smallest absolute Gasteiger partial charge is 0.265 e. The van der Waals surface area contributed by atoms with E-state index in [0.717, 1.165) is 53.4 Å². The predicted molar refractivity (Wildman–Crippen MR) is 95.6 cm³/mol. The van der Waals surface area contributed by atoms with Crippen LogP contribution in [0.4, 0.5) is 0 Å². The molecule has 3 heterocycles. The second kappa shape index (κ2) is 6.02. The fourth-order valence-electron chi connectivity index (χ4n) is 3.42. The number of carbonyl (C=O) groups excluding carboxylic acids is 1. The van der Waals surface area contributed by atoms with E-state index >= 15 is 0 Å². The summed E-state index contributed by atoms with van der Waals surface area (Å²) in [4.78, 5) is 27.9. The van der Waals surface area contributed by atoms with Gasteiger partial charge in [0.25, 0.3) is 5.91 Å². The number of likely N-dealkylation sites (tertiary alicyclic amines) is 1. The van der Waals surface area contributed by atoms with Crippen LogP contribution in [0, 0.1) is 13.8 Å². The molecule has 4 rings (SSSR count). The molecule has 0 spiro atoms. The Morgan fingerprint density at radius 1 is 1.38 bits per heavy atom. The molecule has 1 N–H and O–H groups in total. The summed E-state index contributed by atoms with van der Waals surface area (Å²) in [6, 6.07) is 6.18. The first-order chi connectivity index (χ1) is 11.6. The van der Waals surface area contributed by atoms with Crippen LogP contribution in [-0.4, -0.2) is 38.8 Å². The second-order valence-corrected chi connectivity index (χ2v) is 7.31. The van der Waals surface area contributed by atoms with Crippen molar-refractivity contribution in [3.63, 3.8) is 0 Å². The van der Waals surface area contributed by atoms with Gasteiger partial charge in [-0.05, 0) is 38.3 Å². The lowest BCUT2D eigenvalue weighted by atomic mass is 9.97. The largest absolute Gasteiger partial charge is 0.342 e. The standard InChI is InChI=1S/C18H20N4OS/c1-11-5-3-7-14-15(11)21-17(20-14)13-6-4-8-22(9-13)18(23)16-12(2)19-10-24-16/h3,5,7,10,13H,4,6,8-9H2,1-2H3,(H,20,21)/t13-/m0/s1. The molecule has 0 aliphatic carbocycles. The Hall–Kier alpha value is -2.21. The van der Waals surface area contributed by atoms with Crippen molar-refractivity contribution in [2.24, 2.45) is 0 Å². The van der Waals surface area contributed by atoms with Gasteiger partial charge in [0.15, 0.2) is 0 Å². The number of rotatable bonds is 2. The molecule has 124 valence electrons. The highest BCUT2D eigenvalue weighted by molar-refractivity contribution is 7.11. The van der Waals surface area contributed by atoms with Gasteiger partial charge in [0.05, 0.1) is 22.2 Å². The van der Waals surface area contributed by atoms with Crippen molar-refractivity contribution in [1.29, 1.82) is 0 Å². The van der Waals surface area contributed by atoms with Crippen LogP contribution in [0.5, 0.6) is 0 Å². The van der Waals surface area contributed by atoms with Crippen LogP contribution >= 0.6 is 11.3 Å². The van der Waals surface area contributed by atoms with E-state index < -0.39 is 0 Å². The molecule has 1 saturated heterocycles. The Balaban J connectivity index is 1.59. The summed E-state index contributed by atoms with van der Waals surface area (Å²) in [6.07, 6.45) is 2.06. The number of aromatic amines is 1. The van der Waals surface area contributed by atoms with Gasteiger partial charge in [0, 0.05) is 19.0 Å². The Morgan fingerprint density at radius 2 is 2.25 bits per heavy atom. The molecule has 1 atom stereocenters. The van der Waals surface area contributed by atoms with Crippen molar-refractivity contribution in [3.05, 3.63) is 45.7 Å². The normalized spacial score (nSPS) is 18.2. The van der Waals surface area contributed by atoms with Crippen LogP contribution in [0.25, 0.3) is 11.0 Å². The summed E-state index contributed by atoms with van der Waals surface area (Å²) in [5.41, 5.74) is 5.86. The van der Waals surface area contributed by atoms with Crippen molar-refractivity contribution >= 4 is 28.3 Å². The molecule has 0 unspecified atom stereocenters. The van der Waals surface area contributed by atoms with E-state index in [-0.39, 0.29) is 11.8 Å². The molecule has 1 amide bonds. The van der Waals surface area contributed by atoms with Gasteiger partial charge in [-0.2, -0.15) is 0 Å². The summed E-state index contributed by atoms with van der Waals surface area (Å²) in [5.74, 6) is 1.37. The number of fused-ring (bicyclic) bond motifs is 1. The topological polar surface area (TPSA) is 61.9 Å². The van der Waals surface area contributed by atoms with Gasteiger partial charge in [-0.15, -0.1) is 11.3 Å². The van der Waals surface area contributed by atoms with E-state index in [1.165, 1.54) is 16.9 Å². The summed E-state index contributed by atoms with van der Waals surface area (Å²) in [7, 11) is 0. The number of carbonyl (C=O) groups is 1. The first-order valence-corrected chi connectivity index (χ1v) is 9.16. The molecule has 3 aromatic rings. The summed E-state index contributed by atoms with van der Waals surface area (Å²) in [6.45, 7) is 5.50. The lowest BCUT2D eigenvalue weighted by Crippen LogP contribution is -2.39. The van der Waals surface area contributed by atoms with Crippen LogP contribution in [0.3, 0.4) is 0 Å². The number of amides is 1. The zero-order valence-electron chi connectivity index (χ0n) is 13.9. The van der Waals surface area contributed by atoms with Gasteiger partial charge in [-0.1, -0.05) is 12.1 Å². The SMILES string of the molecule is Cc1ncsc1C(=O)N1CCC[C@H](c2nc3c(C)cccc3[nH]2)C1. The van der Waals surface area contributed by atoms with E-state index in [1.807, 2.05) is 17.9 Å². The van der Waals surface area contributed by atoms with E-state index in [1.54, 1.807) is 5.51 Å². The van der Waals surface area contributed by atoms with Crippen LogP contribution in [0.1, 0.15) is 45.5 Å². The van der Waals surface area contributed by atoms with Gasteiger partial charge in [-0.3, -0.25) is 4.79 Å². The molecule has 0 radical (unpaired) electrons. The zero-order chi connectivity index (χ0) is 16.7. The number of piperidine rings is 1. The maximum atomic E-state index is 12.8. The van der Waals surface area contributed by atoms with Gasteiger partial charge < -0.3 is 9.88 Å². The number of aryl methyl sites for hydroxylation is 2. The first-order valence-electron chi connectivity index (χ1n) is 8.28. The molecule has 1 aliphatic rings. The lowest BCUT2D eigenvalue weighted by molar-refractivity contribution is 0.0709. The van der Waals surface area contributed by atoms with Gasteiger partial charge in [0.2, 0.25) is 0 Å². The lowest BCUT2D eigenvalue weighted by Gasteiger charge is -2.31. The first kappa shape index (κ1) is 15.3. The number of hydrogen-bond donors (Lipinski definition) is 1. The monoisotopic (exact) mass is 340 g/mol. The molecule has 6 heteroatoms. The minimum absolute atomic E-state index is 0.104. The highest BCUT2D eigenvalue weighted by Crippen LogP contribution is 2.29. The third kappa shape index (κ3) is 2.60. The third-order valence-electron chi connectivity index (χ3n) is 4.77. The van der Waals surface area contributed by atoms with E-state index in [9.17, 15) is 4.79 Å². The summed E-state index contributed by atoms with van der Waals surface area (Å²) in [5, 5.41) is 0. The Labute approximate surface area is 144 Å². The molecular weight excluding hydrogens is 320 g/mol. The summed E-state index contributed by atoms with van der Waals surface area (Å²) >= 11 is 1.43. The van der Waals surface area contributed by atoms with Crippen molar-refractivity contribution in [1.82, 2.24) is 19.9 Å². The number of aromatic nitrogens is 3. The third-order valence-corrected chi connectivity index (χ3v) is 5.68. The number of benzene rings is 1. The number of imidazole rings is 1. The van der Waals surface area contributed by atoms with Gasteiger partial charge >= 0.3 is 0 Å². The van der Waals surface area contributed by atoms with Crippen LogP contribution < -0.4 is 0 Å². The van der Waals surface area contributed by atoms with E-state index in [0.29, 0.717) is 0 Å². The summed E-state index contributed by atoms with van der Waals surface area (Å²) < 4.78 is 0. The Kier molecular flexibility index (Phi) is 3.84. The van der Waals surface area contributed by atoms with Crippen molar-refractivity contribution in [2.45, 2.75) is 32.6 Å². The molecular formula is C18H20N4OS. The average Bonchev–Trinajstić information content (AvgIpc) is 3.21. The number of nitrogens with one attached hydrogen (secondary N) is 1. The number of hydrogen-bond acceptors (Lipinski definition) is 4. The number of nitrogens with zero attached hydrogens (tertiary/aromatic N) is 3. The van der Waals surface area contributed by atoms with Gasteiger partial charge in [0.1, 0.15) is 10.7 Å². The highest BCUT2D eigenvalue weighted by atomic mass is 32.1. The fraction of sp³-hybridized carbons (Fsp3) is 0.389. The highest BCUT2D eigenvalue weighted by Gasteiger charge is 2.28. The van der Waals surface area contributed by atoms with Crippen molar-refractivity contribution < 1.29 is 4.79 Å². The molecule has 0 bridgehead atoms. The molecule has 1 aromatic carbocycles. The molecule has 2 aromatic heterocycles. The molecule has 5 nitrogen and oxygen atoms in total. The Bertz CT molecular complexity index is 897. The predicted octanol–water partition coefficient (Wildman–Crippen LogP) is 3.66.